The molecule has 0 saturated carbocycles. The summed E-state index contributed by atoms with van der Waals surface area (Å²) < 4.78 is 0. The highest BCUT2D eigenvalue weighted by molar-refractivity contribution is 5.77. The van der Waals surface area contributed by atoms with E-state index in [1.54, 1.807) is 4.90 Å². The van der Waals surface area contributed by atoms with E-state index in [2.05, 4.69) is 20.8 Å². The third kappa shape index (κ3) is 3.25. The molecule has 5 heteroatoms. The lowest BCUT2D eigenvalue weighted by Crippen LogP contribution is -2.48. The zero-order valence-corrected chi connectivity index (χ0v) is 12.8. The van der Waals surface area contributed by atoms with Crippen molar-refractivity contribution in [2.24, 2.45) is 17.3 Å². The molecular formula is C15H26N2O3. The van der Waals surface area contributed by atoms with E-state index in [4.69, 9.17) is 5.11 Å². The zero-order chi connectivity index (χ0) is 14.9. The fourth-order valence-electron chi connectivity index (χ4n) is 3.19. The first-order valence-corrected chi connectivity index (χ1v) is 7.55. The Hall–Kier alpha value is -1.26. The molecule has 2 aliphatic heterocycles. The SMILES string of the molecule is CC(C)(C)C1CCN(C(=O)N2CCC[C@H](C(=O)O)C2)C1. The van der Waals surface area contributed by atoms with E-state index >= 15 is 0 Å². The zero-order valence-electron chi connectivity index (χ0n) is 12.8. The van der Waals surface area contributed by atoms with Crippen molar-refractivity contribution >= 4 is 12.0 Å². The van der Waals surface area contributed by atoms with Crippen LogP contribution in [0.2, 0.25) is 0 Å². The number of aliphatic carboxylic acids is 1. The van der Waals surface area contributed by atoms with E-state index in [9.17, 15) is 9.59 Å². The van der Waals surface area contributed by atoms with Gasteiger partial charge in [-0.2, -0.15) is 0 Å². The van der Waals surface area contributed by atoms with E-state index in [-0.39, 0.29) is 11.4 Å². The third-order valence-corrected chi connectivity index (χ3v) is 4.72. The number of carbonyl (C=O) groups excluding carboxylic acids is 1. The topological polar surface area (TPSA) is 60.9 Å². The normalized spacial score (nSPS) is 27.8. The number of urea groups is 1. The average Bonchev–Trinajstić information content (AvgIpc) is 2.87. The second-order valence-electron chi connectivity index (χ2n) is 7.20. The molecule has 20 heavy (non-hydrogen) atoms. The fourth-order valence-corrected chi connectivity index (χ4v) is 3.19. The van der Waals surface area contributed by atoms with Crippen molar-refractivity contribution in [3.05, 3.63) is 0 Å². The molecule has 2 saturated heterocycles. The Morgan fingerprint density at radius 2 is 1.70 bits per heavy atom. The van der Waals surface area contributed by atoms with Gasteiger partial charge in [0.05, 0.1) is 5.92 Å². The van der Waals surface area contributed by atoms with Gasteiger partial charge < -0.3 is 14.9 Å². The summed E-state index contributed by atoms with van der Waals surface area (Å²) in [7, 11) is 0. The molecule has 5 nitrogen and oxygen atoms in total. The van der Waals surface area contributed by atoms with Gasteiger partial charge in [-0.1, -0.05) is 20.8 Å². The quantitative estimate of drug-likeness (QED) is 0.802. The van der Waals surface area contributed by atoms with Crippen LogP contribution >= 0.6 is 0 Å². The highest BCUT2D eigenvalue weighted by atomic mass is 16.4. The van der Waals surface area contributed by atoms with E-state index in [0.717, 1.165) is 25.9 Å². The number of carboxylic acids is 1. The number of nitrogens with zero attached hydrogens (tertiary/aromatic N) is 2. The first-order valence-electron chi connectivity index (χ1n) is 7.55. The first-order chi connectivity index (χ1) is 9.29. The fraction of sp³-hybridized carbons (Fsp3) is 0.867. The Morgan fingerprint density at radius 1 is 1.05 bits per heavy atom. The van der Waals surface area contributed by atoms with Crippen LogP contribution in [0.15, 0.2) is 0 Å². The van der Waals surface area contributed by atoms with Gasteiger partial charge in [-0.25, -0.2) is 4.79 Å². The van der Waals surface area contributed by atoms with Crippen LogP contribution in [0.25, 0.3) is 0 Å². The lowest BCUT2D eigenvalue weighted by atomic mass is 9.80. The first kappa shape index (κ1) is 15.1. The maximum atomic E-state index is 12.5. The molecule has 2 rings (SSSR count). The molecule has 2 fully saturated rings. The van der Waals surface area contributed by atoms with Crippen molar-refractivity contribution in [1.29, 1.82) is 0 Å². The molecule has 2 atom stereocenters. The van der Waals surface area contributed by atoms with E-state index in [0.29, 0.717) is 25.4 Å². The molecule has 114 valence electrons. The molecular weight excluding hydrogens is 256 g/mol. The standard InChI is InChI=1S/C15H26N2O3/c1-15(2,3)12-6-8-17(10-12)14(20)16-7-4-5-11(9-16)13(18)19/h11-12H,4-10H2,1-3H3,(H,18,19)/t11-,12?/m0/s1. The smallest absolute Gasteiger partial charge is 0.320 e. The van der Waals surface area contributed by atoms with Crippen molar-refractivity contribution in [3.8, 4) is 0 Å². The number of likely N-dealkylation sites (tertiary alicyclic amines) is 2. The predicted octanol–water partition coefficient (Wildman–Crippen LogP) is 2.27. The molecule has 0 aromatic rings. The van der Waals surface area contributed by atoms with Crippen LogP contribution in [0.5, 0.6) is 0 Å². The molecule has 0 aromatic heterocycles. The van der Waals surface area contributed by atoms with Gasteiger partial charge in [0, 0.05) is 26.2 Å². The van der Waals surface area contributed by atoms with E-state index in [1.807, 2.05) is 4.90 Å². The molecule has 1 N–H and O–H groups in total. The number of carboxylic acid groups (broad SMARTS) is 1. The van der Waals surface area contributed by atoms with Gasteiger partial charge in [0.1, 0.15) is 0 Å². The van der Waals surface area contributed by atoms with Crippen LogP contribution in [-0.2, 0) is 4.79 Å². The number of hydrogen-bond acceptors (Lipinski definition) is 2. The van der Waals surface area contributed by atoms with Gasteiger partial charge in [0.15, 0.2) is 0 Å². The molecule has 2 heterocycles. The maximum Gasteiger partial charge on any atom is 0.320 e. The molecule has 0 aliphatic carbocycles. The molecule has 2 amide bonds. The minimum absolute atomic E-state index is 0.0303. The van der Waals surface area contributed by atoms with Crippen molar-refractivity contribution in [2.75, 3.05) is 26.2 Å². The Bertz CT molecular complexity index is 389. The highest BCUT2D eigenvalue weighted by Gasteiger charge is 2.37. The predicted molar refractivity (Wildman–Crippen MR) is 76.5 cm³/mol. The van der Waals surface area contributed by atoms with Crippen LogP contribution in [0.1, 0.15) is 40.0 Å². The Labute approximate surface area is 120 Å². The summed E-state index contributed by atoms with van der Waals surface area (Å²) in [5.41, 5.74) is 0.223. The molecule has 0 radical (unpaired) electrons. The van der Waals surface area contributed by atoms with E-state index < -0.39 is 11.9 Å². The lowest BCUT2D eigenvalue weighted by Gasteiger charge is -2.34. The maximum absolute atomic E-state index is 12.5. The number of hydrogen-bond donors (Lipinski definition) is 1. The van der Waals surface area contributed by atoms with Gasteiger partial charge in [-0.15, -0.1) is 0 Å². The summed E-state index contributed by atoms with van der Waals surface area (Å²) in [4.78, 5) is 27.2. The van der Waals surface area contributed by atoms with Crippen molar-refractivity contribution in [1.82, 2.24) is 9.80 Å². The summed E-state index contributed by atoms with van der Waals surface area (Å²) in [6, 6.07) is 0.0303. The van der Waals surface area contributed by atoms with Gasteiger partial charge in [-0.3, -0.25) is 4.79 Å². The average molecular weight is 282 g/mol. The number of piperidine rings is 1. The van der Waals surface area contributed by atoms with Gasteiger partial charge in [-0.05, 0) is 30.6 Å². The van der Waals surface area contributed by atoms with Crippen LogP contribution in [0.4, 0.5) is 4.79 Å². The van der Waals surface area contributed by atoms with Crippen LogP contribution < -0.4 is 0 Å². The Balaban J connectivity index is 1.93. The number of rotatable bonds is 1. The Kier molecular flexibility index (Phi) is 4.25. The minimum Gasteiger partial charge on any atom is -0.481 e. The summed E-state index contributed by atoms with van der Waals surface area (Å²) in [6.07, 6.45) is 2.52. The minimum atomic E-state index is -0.781. The van der Waals surface area contributed by atoms with Crippen LogP contribution in [-0.4, -0.2) is 53.1 Å². The molecule has 0 aromatic carbocycles. The largest absolute Gasteiger partial charge is 0.481 e. The van der Waals surface area contributed by atoms with Gasteiger partial charge in [0.25, 0.3) is 0 Å². The van der Waals surface area contributed by atoms with Crippen LogP contribution in [0.3, 0.4) is 0 Å². The van der Waals surface area contributed by atoms with Crippen molar-refractivity contribution in [2.45, 2.75) is 40.0 Å². The second kappa shape index (κ2) is 5.62. The van der Waals surface area contributed by atoms with Crippen molar-refractivity contribution in [3.63, 3.8) is 0 Å². The number of carbonyl (C=O) groups is 2. The van der Waals surface area contributed by atoms with Gasteiger partial charge >= 0.3 is 12.0 Å². The molecule has 2 aliphatic rings. The number of amides is 2. The highest BCUT2D eigenvalue weighted by Crippen LogP contribution is 2.34. The van der Waals surface area contributed by atoms with Crippen LogP contribution in [0, 0.1) is 17.3 Å². The summed E-state index contributed by atoms with van der Waals surface area (Å²) in [5.74, 6) is -0.642. The summed E-state index contributed by atoms with van der Waals surface area (Å²) in [6.45, 7) is 9.31. The van der Waals surface area contributed by atoms with E-state index in [1.165, 1.54) is 0 Å². The van der Waals surface area contributed by atoms with Gasteiger partial charge in [0.2, 0.25) is 0 Å². The third-order valence-electron chi connectivity index (χ3n) is 4.72. The molecule has 0 bridgehead atoms. The monoisotopic (exact) mass is 282 g/mol. The summed E-state index contributed by atoms with van der Waals surface area (Å²) >= 11 is 0. The molecule has 1 unspecified atom stereocenters. The Morgan fingerprint density at radius 3 is 2.25 bits per heavy atom. The summed E-state index contributed by atoms with van der Waals surface area (Å²) in [5, 5.41) is 9.10. The molecule has 0 spiro atoms. The second-order valence-corrected chi connectivity index (χ2v) is 7.20. The lowest BCUT2D eigenvalue weighted by molar-refractivity contribution is -0.143. The van der Waals surface area contributed by atoms with Crippen molar-refractivity contribution < 1.29 is 14.7 Å².